The van der Waals surface area contributed by atoms with Crippen molar-refractivity contribution in [1.29, 1.82) is 0 Å². The summed E-state index contributed by atoms with van der Waals surface area (Å²) in [7, 11) is -3.11. The molecule has 1 N–H and O–H groups in total. The molecule has 0 bridgehead atoms. The smallest absolute Gasteiger partial charge is 0.175 e. The first-order chi connectivity index (χ1) is 9.95. The summed E-state index contributed by atoms with van der Waals surface area (Å²) in [6.45, 7) is 2.94. The van der Waals surface area contributed by atoms with Gasteiger partial charge >= 0.3 is 0 Å². The highest BCUT2D eigenvalue weighted by atomic mass is 32.2. The summed E-state index contributed by atoms with van der Waals surface area (Å²) in [5.74, 6) is 0.923. The molecule has 2 aromatic carbocycles. The van der Waals surface area contributed by atoms with E-state index in [0.717, 1.165) is 22.9 Å². The fourth-order valence-corrected chi connectivity index (χ4v) is 3.30. The van der Waals surface area contributed by atoms with Gasteiger partial charge < -0.3 is 5.32 Å². The highest BCUT2D eigenvalue weighted by Crippen LogP contribution is 2.20. The number of anilines is 1. The third-order valence-corrected chi connectivity index (χ3v) is 5.11. The van der Waals surface area contributed by atoms with Crippen LogP contribution in [0.5, 0.6) is 0 Å². The van der Waals surface area contributed by atoms with Crippen molar-refractivity contribution in [3.8, 4) is 0 Å². The van der Waals surface area contributed by atoms with Gasteiger partial charge in [0.1, 0.15) is 0 Å². The van der Waals surface area contributed by atoms with E-state index in [0.29, 0.717) is 4.90 Å². The van der Waals surface area contributed by atoms with Crippen molar-refractivity contribution < 1.29 is 8.42 Å². The lowest BCUT2D eigenvalue weighted by Gasteiger charge is -2.07. The maximum atomic E-state index is 11.4. The van der Waals surface area contributed by atoms with Gasteiger partial charge in [0.05, 0.1) is 4.90 Å². The predicted octanol–water partition coefficient (Wildman–Crippen LogP) is 3.60. The van der Waals surface area contributed by atoms with Gasteiger partial charge in [0.2, 0.25) is 0 Å². The molecule has 0 radical (unpaired) electrons. The van der Waals surface area contributed by atoms with Crippen molar-refractivity contribution in [2.75, 3.05) is 23.9 Å². The molecule has 0 unspecified atom stereocenters. The van der Waals surface area contributed by atoms with Crippen LogP contribution in [-0.2, 0) is 9.84 Å². The molecular weight excluding hydrogens is 302 g/mol. The van der Waals surface area contributed by atoms with Crippen LogP contribution in [0.25, 0.3) is 0 Å². The molecule has 0 atom stereocenters. The topological polar surface area (TPSA) is 46.2 Å². The zero-order chi connectivity index (χ0) is 15.3. The van der Waals surface area contributed by atoms with Crippen molar-refractivity contribution in [3.05, 3.63) is 54.1 Å². The van der Waals surface area contributed by atoms with Crippen molar-refractivity contribution >= 4 is 27.3 Å². The largest absolute Gasteiger partial charge is 0.384 e. The van der Waals surface area contributed by atoms with Gasteiger partial charge in [-0.3, -0.25) is 0 Å². The van der Waals surface area contributed by atoms with Gasteiger partial charge in [-0.25, -0.2) is 8.42 Å². The third kappa shape index (κ3) is 5.10. The van der Waals surface area contributed by atoms with E-state index in [-0.39, 0.29) is 0 Å². The van der Waals surface area contributed by atoms with Crippen LogP contribution in [0.15, 0.2) is 58.3 Å². The SMILES string of the molecule is Cc1cccc(NCCSc2ccc(S(C)(=O)=O)cc2)c1. The molecule has 0 aliphatic heterocycles. The number of rotatable bonds is 6. The number of hydrogen-bond acceptors (Lipinski definition) is 4. The molecule has 0 fully saturated rings. The molecule has 5 heteroatoms. The Hall–Kier alpha value is -1.46. The monoisotopic (exact) mass is 321 g/mol. The van der Waals surface area contributed by atoms with E-state index in [1.807, 2.05) is 18.2 Å². The number of thioether (sulfide) groups is 1. The van der Waals surface area contributed by atoms with Crippen molar-refractivity contribution in [3.63, 3.8) is 0 Å². The van der Waals surface area contributed by atoms with E-state index in [2.05, 4.69) is 30.4 Å². The Bertz CT molecular complexity index is 694. The summed E-state index contributed by atoms with van der Waals surface area (Å²) in [6.07, 6.45) is 1.22. The second-order valence-corrected chi connectivity index (χ2v) is 8.07. The van der Waals surface area contributed by atoms with E-state index >= 15 is 0 Å². The minimum absolute atomic E-state index is 0.365. The number of sulfone groups is 1. The average Bonchev–Trinajstić information content (AvgIpc) is 2.43. The molecule has 112 valence electrons. The molecule has 2 aromatic rings. The lowest BCUT2D eigenvalue weighted by molar-refractivity contribution is 0.602. The molecular formula is C16H19NO2S2. The number of nitrogens with one attached hydrogen (secondary N) is 1. The highest BCUT2D eigenvalue weighted by Gasteiger charge is 2.05. The van der Waals surface area contributed by atoms with Gasteiger partial charge in [-0.15, -0.1) is 11.8 Å². The molecule has 21 heavy (non-hydrogen) atoms. The average molecular weight is 321 g/mol. The van der Waals surface area contributed by atoms with Crippen molar-refractivity contribution in [2.45, 2.75) is 16.7 Å². The Morgan fingerprint density at radius 2 is 1.81 bits per heavy atom. The van der Waals surface area contributed by atoms with E-state index in [9.17, 15) is 8.42 Å². The molecule has 0 saturated carbocycles. The first-order valence-electron chi connectivity index (χ1n) is 6.68. The van der Waals surface area contributed by atoms with Crippen LogP contribution in [0.2, 0.25) is 0 Å². The normalized spacial score (nSPS) is 11.3. The second kappa shape index (κ2) is 7.00. The van der Waals surface area contributed by atoms with E-state index in [1.165, 1.54) is 11.8 Å². The fourth-order valence-electron chi connectivity index (χ4n) is 1.90. The molecule has 0 aliphatic rings. The van der Waals surface area contributed by atoms with Crippen LogP contribution >= 0.6 is 11.8 Å². The Kier molecular flexibility index (Phi) is 5.31. The Morgan fingerprint density at radius 3 is 2.43 bits per heavy atom. The summed E-state index contributed by atoms with van der Waals surface area (Å²) in [4.78, 5) is 1.44. The Balaban J connectivity index is 1.81. The van der Waals surface area contributed by atoms with Crippen molar-refractivity contribution in [2.24, 2.45) is 0 Å². The standard InChI is InChI=1S/C16H19NO2S2/c1-13-4-3-5-14(12-13)17-10-11-20-15-6-8-16(9-7-15)21(2,18)19/h3-9,12,17H,10-11H2,1-2H3. The quantitative estimate of drug-likeness (QED) is 0.652. The molecule has 3 nitrogen and oxygen atoms in total. The van der Waals surface area contributed by atoms with Gasteiger partial charge in [-0.05, 0) is 48.9 Å². The fraction of sp³-hybridized carbons (Fsp3) is 0.250. The maximum Gasteiger partial charge on any atom is 0.175 e. The third-order valence-electron chi connectivity index (χ3n) is 2.97. The minimum atomic E-state index is -3.11. The van der Waals surface area contributed by atoms with Gasteiger partial charge in [0.25, 0.3) is 0 Å². The number of aryl methyl sites for hydroxylation is 1. The molecule has 0 saturated heterocycles. The Morgan fingerprint density at radius 1 is 1.10 bits per heavy atom. The van der Waals surface area contributed by atoms with E-state index < -0.39 is 9.84 Å². The summed E-state index contributed by atoms with van der Waals surface area (Å²) >= 11 is 1.71. The number of benzene rings is 2. The van der Waals surface area contributed by atoms with Crippen LogP contribution < -0.4 is 5.32 Å². The second-order valence-electron chi connectivity index (χ2n) is 4.89. The van der Waals surface area contributed by atoms with Crippen LogP contribution in [-0.4, -0.2) is 27.0 Å². The first kappa shape index (κ1) is 15.9. The predicted molar refractivity (Wildman–Crippen MR) is 89.9 cm³/mol. The summed E-state index contributed by atoms with van der Waals surface area (Å²) in [5.41, 5.74) is 2.37. The molecule has 0 aromatic heterocycles. The zero-order valence-electron chi connectivity index (χ0n) is 12.2. The van der Waals surface area contributed by atoms with Gasteiger partial charge in [-0.2, -0.15) is 0 Å². The van der Waals surface area contributed by atoms with Gasteiger partial charge in [0, 0.05) is 29.1 Å². The zero-order valence-corrected chi connectivity index (χ0v) is 13.8. The van der Waals surface area contributed by atoms with Crippen LogP contribution in [0.4, 0.5) is 5.69 Å². The lowest BCUT2D eigenvalue weighted by atomic mass is 10.2. The maximum absolute atomic E-state index is 11.4. The highest BCUT2D eigenvalue weighted by molar-refractivity contribution is 7.99. The molecule has 2 rings (SSSR count). The Labute approximate surface area is 130 Å². The molecule has 0 amide bonds. The van der Waals surface area contributed by atoms with E-state index in [1.54, 1.807) is 23.9 Å². The molecule has 0 aliphatic carbocycles. The first-order valence-corrected chi connectivity index (χ1v) is 9.56. The van der Waals surface area contributed by atoms with Crippen LogP contribution in [0.3, 0.4) is 0 Å². The molecule has 0 heterocycles. The van der Waals surface area contributed by atoms with E-state index in [4.69, 9.17) is 0 Å². The number of hydrogen-bond donors (Lipinski definition) is 1. The summed E-state index contributed by atoms with van der Waals surface area (Å²) in [5, 5.41) is 3.37. The van der Waals surface area contributed by atoms with Crippen molar-refractivity contribution in [1.82, 2.24) is 0 Å². The van der Waals surface area contributed by atoms with Crippen LogP contribution in [0.1, 0.15) is 5.56 Å². The summed E-state index contributed by atoms with van der Waals surface area (Å²) in [6, 6.07) is 15.3. The minimum Gasteiger partial charge on any atom is -0.384 e. The summed E-state index contributed by atoms with van der Waals surface area (Å²) < 4.78 is 22.7. The molecule has 0 spiro atoms. The van der Waals surface area contributed by atoms with Gasteiger partial charge in [0.15, 0.2) is 9.84 Å². The lowest BCUT2D eigenvalue weighted by Crippen LogP contribution is -2.04. The van der Waals surface area contributed by atoms with Crippen LogP contribution in [0, 0.1) is 6.92 Å². The van der Waals surface area contributed by atoms with Gasteiger partial charge in [-0.1, -0.05) is 12.1 Å².